The van der Waals surface area contributed by atoms with Crippen molar-refractivity contribution >= 4 is 57.8 Å². The second kappa shape index (κ2) is 15.7. The second-order valence-corrected chi connectivity index (χ2v) is 18.2. The number of amides is 5. The van der Waals surface area contributed by atoms with Gasteiger partial charge in [0.2, 0.25) is 17.7 Å². The molecule has 1 aliphatic carbocycles. The van der Waals surface area contributed by atoms with Gasteiger partial charge in [0.15, 0.2) is 5.01 Å². The summed E-state index contributed by atoms with van der Waals surface area (Å²) >= 11 is 1.59. The van der Waals surface area contributed by atoms with E-state index in [2.05, 4.69) is 47.1 Å². The Hall–Kier alpha value is -6.58. The van der Waals surface area contributed by atoms with Gasteiger partial charge in [-0.15, -0.1) is 10.2 Å². The average molecular weight is 853 g/mol. The van der Waals surface area contributed by atoms with Crippen molar-refractivity contribution in [2.45, 2.75) is 69.4 Å². The van der Waals surface area contributed by atoms with Crippen LogP contribution in [0.15, 0.2) is 54.9 Å². The van der Waals surface area contributed by atoms with Crippen molar-refractivity contribution in [3.63, 3.8) is 0 Å². The van der Waals surface area contributed by atoms with Crippen molar-refractivity contribution in [2.24, 2.45) is 5.41 Å². The second-order valence-electron chi connectivity index (χ2n) is 17.1. The maximum absolute atomic E-state index is 13.3. The van der Waals surface area contributed by atoms with Gasteiger partial charge in [0, 0.05) is 61.5 Å². The van der Waals surface area contributed by atoms with Gasteiger partial charge >= 0.3 is 0 Å². The molecule has 3 N–H and O–H groups in total. The number of nitriles is 1. The lowest BCUT2D eigenvalue weighted by Gasteiger charge is -2.55. The minimum atomic E-state index is -0.984. The number of anilines is 2. The Morgan fingerprint density at radius 3 is 2.48 bits per heavy atom. The maximum Gasteiger partial charge on any atom is 0.262 e. The van der Waals surface area contributed by atoms with Gasteiger partial charge in [-0.3, -0.25) is 44.1 Å². The number of nitrogens with one attached hydrogen (secondary N) is 3. The smallest absolute Gasteiger partial charge is 0.262 e. The predicted molar refractivity (Wildman–Crippen MR) is 228 cm³/mol. The lowest BCUT2D eigenvalue weighted by atomic mass is 9.71. The quantitative estimate of drug-likeness (QED) is 0.180. The van der Waals surface area contributed by atoms with E-state index in [1.165, 1.54) is 0 Å². The molecule has 0 radical (unpaired) electrons. The number of likely N-dealkylation sites (tertiary alicyclic amines) is 1. The molecule has 5 amide bonds. The minimum Gasteiger partial charge on any atom is -0.387 e. The Morgan fingerprint density at radius 1 is 0.935 bits per heavy atom. The number of imide groups is 2. The van der Waals surface area contributed by atoms with Crippen LogP contribution in [0.5, 0.6) is 0 Å². The van der Waals surface area contributed by atoms with Crippen LogP contribution >= 0.6 is 11.3 Å². The number of carbonyl (C=O) groups excluding carboxylic acids is 5. The summed E-state index contributed by atoms with van der Waals surface area (Å²) in [6.07, 6.45) is 9.13. The summed E-state index contributed by atoms with van der Waals surface area (Å²) in [5.74, 6) is -1.67. The molecule has 4 aromatic heterocycles. The summed E-state index contributed by atoms with van der Waals surface area (Å²) in [5, 5.41) is 33.5. The van der Waals surface area contributed by atoms with Crippen LogP contribution in [0, 0.1) is 16.7 Å². The van der Waals surface area contributed by atoms with Crippen LogP contribution in [0.3, 0.4) is 0 Å². The van der Waals surface area contributed by atoms with Gasteiger partial charge in [0.25, 0.3) is 11.8 Å². The molecule has 1 unspecified atom stereocenters. The van der Waals surface area contributed by atoms with E-state index in [-0.39, 0.29) is 41.7 Å². The zero-order valence-electron chi connectivity index (χ0n) is 34.1. The minimum absolute atomic E-state index is 0.0629. The van der Waals surface area contributed by atoms with Crippen LogP contribution in [0.2, 0.25) is 0 Å². The molecule has 8 heterocycles. The average Bonchev–Trinajstić information content (AvgIpc) is 4.00. The SMILES string of the molecule is CNc1cc(-c2ccc3cc(C#N)cnn23)ncc1-c1nnc([C@H]2CC[C@H](NC(=O)CN3CCC4(CC3)CN(c3ccc5c(c3)C(=O)N(C3CCC(=O)NC3=O)C5=O)C4)CC2)s1. The van der Waals surface area contributed by atoms with Gasteiger partial charge in [-0.25, -0.2) is 4.52 Å². The largest absolute Gasteiger partial charge is 0.387 e. The molecule has 62 heavy (non-hydrogen) atoms. The van der Waals surface area contributed by atoms with E-state index in [1.807, 2.05) is 37.5 Å². The third-order valence-electron chi connectivity index (χ3n) is 13.3. The topological polar surface area (TPSA) is 211 Å². The summed E-state index contributed by atoms with van der Waals surface area (Å²) in [5.41, 5.74) is 6.21. The standard InChI is InChI=1S/C44H44N12O5S/c1-46-33-18-34(35-9-7-29-16-25(19-45)20-48-56(29)35)47-21-32(33)41-52-51-40(62-41)26-2-4-27(5-3-26)49-38(58)22-53-14-12-44(13-15-53)23-54(24-44)28-6-8-30-31(17-28)43(61)55(42(30)60)36-10-11-37(57)50-39(36)59/h6-9,16-18,20-21,26-27,36H,2-5,10-15,22-24H2,1H3,(H,46,47)(H,49,58)(H,50,57,59)/t26-,27-,36?. The first-order valence-electron chi connectivity index (χ1n) is 21.1. The molecular weight excluding hydrogens is 809 g/mol. The molecular formula is C44H44N12O5S. The number of nitrogens with zero attached hydrogens (tertiary/aromatic N) is 9. The third kappa shape index (κ3) is 7.14. The molecule has 5 aliphatic rings. The summed E-state index contributed by atoms with van der Waals surface area (Å²) in [6, 6.07) is 14.2. The van der Waals surface area contributed by atoms with E-state index < -0.39 is 29.7 Å². The molecule has 18 heteroatoms. The molecule has 1 saturated carbocycles. The lowest BCUT2D eigenvalue weighted by molar-refractivity contribution is -0.136. The van der Waals surface area contributed by atoms with Crippen LogP contribution in [0.1, 0.15) is 88.6 Å². The van der Waals surface area contributed by atoms with Gasteiger partial charge < -0.3 is 15.5 Å². The Balaban J connectivity index is 0.680. The Labute approximate surface area is 360 Å². The van der Waals surface area contributed by atoms with Gasteiger partial charge in [-0.1, -0.05) is 11.3 Å². The molecule has 5 aromatic rings. The van der Waals surface area contributed by atoms with Crippen molar-refractivity contribution in [1.82, 2.24) is 45.2 Å². The summed E-state index contributed by atoms with van der Waals surface area (Å²) < 4.78 is 1.77. The normalized spacial score (nSPS) is 22.4. The number of aromatic nitrogens is 5. The van der Waals surface area contributed by atoms with Crippen molar-refractivity contribution in [1.29, 1.82) is 5.26 Å². The van der Waals surface area contributed by atoms with E-state index in [4.69, 9.17) is 4.98 Å². The van der Waals surface area contributed by atoms with Crippen LogP contribution in [0.25, 0.3) is 27.5 Å². The Morgan fingerprint density at radius 2 is 1.73 bits per heavy atom. The summed E-state index contributed by atoms with van der Waals surface area (Å²) in [6.45, 7) is 3.72. The maximum atomic E-state index is 13.3. The molecule has 1 spiro atoms. The highest BCUT2D eigenvalue weighted by Gasteiger charge is 2.47. The fraction of sp³-hybridized carbons (Fsp3) is 0.409. The van der Waals surface area contributed by atoms with Gasteiger partial charge in [-0.05, 0) is 100 Å². The highest BCUT2D eigenvalue weighted by Crippen LogP contribution is 2.44. The molecule has 316 valence electrons. The molecule has 1 atom stereocenters. The van der Waals surface area contributed by atoms with Gasteiger partial charge in [0.05, 0.1) is 51.9 Å². The molecule has 4 aliphatic heterocycles. The lowest BCUT2D eigenvalue weighted by Crippen LogP contribution is -2.61. The third-order valence-corrected chi connectivity index (χ3v) is 14.4. The van der Waals surface area contributed by atoms with Crippen LogP contribution < -0.4 is 20.9 Å². The first-order valence-corrected chi connectivity index (χ1v) is 21.9. The van der Waals surface area contributed by atoms with Crippen molar-refractivity contribution in [3.8, 4) is 28.0 Å². The first kappa shape index (κ1) is 39.5. The fourth-order valence-corrected chi connectivity index (χ4v) is 10.8. The van der Waals surface area contributed by atoms with Crippen LogP contribution in [0.4, 0.5) is 11.4 Å². The zero-order chi connectivity index (χ0) is 42.7. The van der Waals surface area contributed by atoms with E-state index in [9.17, 15) is 29.2 Å². The molecule has 3 saturated heterocycles. The Bertz CT molecular complexity index is 2700. The predicted octanol–water partition coefficient (Wildman–Crippen LogP) is 3.97. The summed E-state index contributed by atoms with van der Waals surface area (Å²) in [7, 11) is 1.87. The van der Waals surface area contributed by atoms with Crippen LogP contribution in [-0.2, 0) is 14.4 Å². The van der Waals surface area contributed by atoms with E-state index >= 15 is 0 Å². The molecule has 1 aromatic carbocycles. The monoisotopic (exact) mass is 852 g/mol. The number of carbonyl (C=O) groups is 5. The van der Waals surface area contributed by atoms with Crippen molar-refractivity contribution in [3.05, 3.63) is 76.6 Å². The molecule has 0 bridgehead atoms. The number of fused-ring (bicyclic) bond motifs is 2. The number of pyridine rings is 1. The number of rotatable bonds is 9. The number of benzene rings is 1. The molecule has 4 fully saturated rings. The molecule has 10 rings (SSSR count). The molecule has 17 nitrogen and oxygen atoms in total. The number of hydrogen-bond donors (Lipinski definition) is 3. The Kier molecular flexibility index (Phi) is 10.0. The zero-order valence-corrected chi connectivity index (χ0v) is 34.9. The highest BCUT2D eigenvalue weighted by molar-refractivity contribution is 7.14. The van der Waals surface area contributed by atoms with Gasteiger partial charge in [-0.2, -0.15) is 10.4 Å². The van der Waals surface area contributed by atoms with Gasteiger partial charge in [0.1, 0.15) is 17.1 Å². The van der Waals surface area contributed by atoms with E-state index in [1.54, 1.807) is 40.2 Å². The van der Waals surface area contributed by atoms with Crippen molar-refractivity contribution < 1.29 is 24.0 Å². The van der Waals surface area contributed by atoms with E-state index in [0.717, 1.165) is 113 Å². The van der Waals surface area contributed by atoms with E-state index in [0.29, 0.717) is 17.7 Å². The first-order chi connectivity index (χ1) is 30.1. The summed E-state index contributed by atoms with van der Waals surface area (Å²) in [4.78, 5) is 74.0. The fourth-order valence-electron chi connectivity index (χ4n) is 9.80. The van der Waals surface area contributed by atoms with Crippen LogP contribution in [-0.4, -0.2) is 116 Å². The highest BCUT2D eigenvalue weighted by atomic mass is 32.1. The number of piperidine rings is 2. The van der Waals surface area contributed by atoms with Crippen molar-refractivity contribution in [2.75, 3.05) is 50.0 Å². The number of hydrogen-bond acceptors (Lipinski definition) is 14.